The second-order valence-electron chi connectivity index (χ2n) is 6.26. The van der Waals surface area contributed by atoms with Crippen molar-refractivity contribution in [2.75, 3.05) is 6.61 Å². The van der Waals surface area contributed by atoms with Gasteiger partial charge in [0.05, 0.1) is 13.2 Å². The third-order valence-corrected chi connectivity index (χ3v) is 4.67. The molecular weight excluding hydrogens is 276 g/mol. The van der Waals surface area contributed by atoms with Gasteiger partial charge < -0.3 is 9.84 Å². The van der Waals surface area contributed by atoms with Crippen LogP contribution in [0.5, 0.6) is 0 Å². The molecule has 0 heterocycles. The molecule has 1 aliphatic rings. The van der Waals surface area contributed by atoms with Crippen molar-refractivity contribution in [3.05, 3.63) is 47.5 Å². The number of rotatable bonds is 6. The second kappa shape index (κ2) is 8.14. The molecule has 1 N–H and O–H groups in total. The number of hydrogen-bond acceptors (Lipinski definition) is 3. The Hall–Kier alpha value is -1.61. The molecule has 1 aromatic rings. The first-order valence-corrected chi connectivity index (χ1v) is 8.15. The summed E-state index contributed by atoms with van der Waals surface area (Å²) in [4.78, 5) is 11.1. The molecule has 0 saturated heterocycles. The van der Waals surface area contributed by atoms with Gasteiger partial charge in [-0.3, -0.25) is 0 Å². The number of ether oxygens (including phenoxy) is 1. The van der Waals surface area contributed by atoms with E-state index >= 15 is 0 Å². The molecular formula is C19H26O3. The fourth-order valence-corrected chi connectivity index (χ4v) is 3.20. The smallest absolute Gasteiger partial charge is 0.330 e. The van der Waals surface area contributed by atoms with Gasteiger partial charge >= 0.3 is 5.97 Å². The molecule has 3 heteroatoms. The van der Waals surface area contributed by atoms with Crippen molar-refractivity contribution in [2.24, 2.45) is 5.92 Å². The number of hydrogen-bond donors (Lipinski definition) is 1. The van der Waals surface area contributed by atoms with Crippen LogP contribution in [-0.4, -0.2) is 17.7 Å². The van der Waals surface area contributed by atoms with Crippen LogP contribution < -0.4 is 0 Å². The van der Waals surface area contributed by atoms with E-state index in [9.17, 15) is 9.90 Å². The zero-order chi connectivity index (χ0) is 15.9. The summed E-state index contributed by atoms with van der Waals surface area (Å²) in [5, 5.41) is 9.49. The van der Waals surface area contributed by atoms with E-state index < -0.39 is 5.97 Å². The zero-order valence-corrected chi connectivity index (χ0v) is 13.4. The lowest BCUT2D eigenvalue weighted by atomic mass is 9.79. The Morgan fingerprint density at radius 1 is 1.32 bits per heavy atom. The van der Waals surface area contributed by atoms with Gasteiger partial charge in [0.1, 0.15) is 0 Å². The van der Waals surface area contributed by atoms with Gasteiger partial charge in [0, 0.05) is 12.5 Å². The summed E-state index contributed by atoms with van der Waals surface area (Å²) >= 11 is 0. The van der Waals surface area contributed by atoms with Crippen molar-refractivity contribution in [3.8, 4) is 0 Å². The van der Waals surface area contributed by atoms with Crippen LogP contribution >= 0.6 is 0 Å². The van der Waals surface area contributed by atoms with E-state index in [-0.39, 0.29) is 6.61 Å². The van der Waals surface area contributed by atoms with Crippen LogP contribution in [0.25, 0.3) is 0 Å². The van der Waals surface area contributed by atoms with Gasteiger partial charge in [0.25, 0.3) is 0 Å². The minimum absolute atomic E-state index is 0.0206. The molecule has 1 aromatic carbocycles. The number of benzene rings is 1. The lowest BCUT2D eigenvalue weighted by molar-refractivity contribution is -0.137. The predicted octanol–water partition coefficient (Wildman–Crippen LogP) is 3.74. The lowest BCUT2D eigenvalue weighted by Gasteiger charge is -2.27. The van der Waals surface area contributed by atoms with Gasteiger partial charge in [0.2, 0.25) is 0 Å². The van der Waals surface area contributed by atoms with E-state index in [1.807, 2.05) is 6.07 Å². The van der Waals surface area contributed by atoms with Crippen LogP contribution in [0.15, 0.2) is 30.9 Å². The summed E-state index contributed by atoms with van der Waals surface area (Å²) in [7, 11) is 0. The summed E-state index contributed by atoms with van der Waals surface area (Å²) in [6, 6.07) is 6.34. The van der Waals surface area contributed by atoms with E-state index in [0.29, 0.717) is 18.9 Å². The largest absolute Gasteiger partial charge is 0.462 e. The summed E-state index contributed by atoms with van der Waals surface area (Å²) in [6.45, 7) is 6.05. The van der Waals surface area contributed by atoms with Crippen molar-refractivity contribution in [3.63, 3.8) is 0 Å². The lowest BCUT2D eigenvalue weighted by Crippen LogP contribution is -2.12. The van der Waals surface area contributed by atoms with Crippen molar-refractivity contribution >= 4 is 5.97 Å². The Morgan fingerprint density at radius 3 is 2.68 bits per heavy atom. The maximum atomic E-state index is 11.1. The van der Waals surface area contributed by atoms with Crippen LogP contribution in [0, 0.1) is 5.92 Å². The van der Waals surface area contributed by atoms with Gasteiger partial charge in [-0.25, -0.2) is 4.79 Å². The first-order chi connectivity index (χ1) is 10.6. The van der Waals surface area contributed by atoms with Gasteiger partial charge in [-0.15, -0.1) is 0 Å². The average Bonchev–Trinajstić information content (AvgIpc) is 2.55. The predicted molar refractivity (Wildman–Crippen MR) is 87.6 cm³/mol. The zero-order valence-electron chi connectivity index (χ0n) is 13.4. The number of aliphatic hydroxyl groups is 1. The molecule has 0 radical (unpaired) electrons. The van der Waals surface area contributed by atoms with E-state index in [1.54, 1.807) is 0 Å². The van der Waals surface area contributed by atoms with Crippen molar-refractivity contribution in [1.82, 2.24) is 0 Å². The monoisotopic (exact) mass is 302 g/mol. The Kier molecular flexibility index (Phi) is 6.20. The second-order valence-corrected chi connectivity index (χ2v) is 6.26. The van der Waals surface area contributed by atoms with Crippen LogP contribution in [0.1, 0.15) is 55.2 Å². The molecule has 22 heavy (non-hydrogen) atoms. The Labute approximate surface area is 133 Å². The maximum absolute atomic E-state index is 11.1. The molecule has 0 unspecified atom stereocenters. The Bertz CT molecular complexity index is 513. The van der Waals surface area contributed by atoms with Crippen molar-refractivity contribution in [1.29, 1.82) is 0 Å². The van der Waals surface area contributed by atoms with E-state index in [1.165, 1.54) is 37.3 Å². The molecule has 1 fully saturated rings. The van der Waals surface area contributed by atoms with Crippen LogP contribution in [0.4, 0.5) is 0 Å². The molecule has 3 nitrogen and oxygen atoms in total. The van der Waals surface area contributed by atoms with Crippen molar-refractivity contribution in [2.45, 2.75) is 51.6 Å². The van der Waals surface area contributed by atoms with Gasteiger partial charge in [-0.1, -0.05) is 44.5 Å². The summed E-state index contributed by atoms with van der Waals surface area (Å²) in [5.41, 5.74) is 3.35. The molecule has 0 atom stereocenters. The van der Waals surface area contributed by atoms with E-state index in [2.05, 4.69) is 25.6 Å². The highest BCUT2D eigenvalue weighted by Gasteiger charge is 2.20. The highest BCUT2D eigenvalue weighted by molar-refractivity contribution is 5.81. The third kappa shape index (κ3) is 4.44. The highest BCUT2D eigenvalue weighted by Crippen LogP contribution is 2.36. The minimum atomic E-state index is -0.400. The highest BCUT2D eigenvalue weighted by atomic mass is 16.5. The Morgan fingerprint density at radius 2 is 2.05 bits per heavy atom. The van der Waals surface area contributed by atoms with Crippen LogP contribution in [0.2, 0.25) is 0 Å². The molecule has 0 amide bonds. The maximum Gasteiger partial charge on any atom is 0.330 e. The van der Waals surface area contributed by atoms with Crippen LogP contribution in [0.3, 0.4) is 0 Å². The molecule has 0 spiro atoms. The van der Waals surface area contributed by atoms with E-state index in [0.717, 1.165) is 17.0 Å². The minimum Gasteiger partial charge on any atom is -0.462 e. The van der Waals surface area contributed by atoms with E-state index in [4.69, 9.17) is 4.74 Å². The molecule has 1 aliphatic carbocycles. The fraction of sp³-hybridized carbons (Fsp3) is 0.526. The average molecular weight is 302 g/mol. The SMILES string of the molecule is C=CC(=O)OCCc1cc(C2CCC(C)CC2)ccc1CO. The molecule has 120 valence electrons. The molecule has 0 aliphatic heterocycles. The van der Waals surface area contributed by atoms with Gasteiger partial charge in [-0.2, -0.15) is 0 Å². The topological polar surface area (TPSA) is 46.5 Å². The van der Waals surface area contributed by atoms with Gasteiger partial charge in [-0.05, 0) is 41.4 Å². The van der Waals surface area contributed by atoms with Gasteiger partial charge in [0.15, 0.2) is 0 Å². The first-order valence-electron chi connectivity index (χ1n) is 8.15. The summed E-state index contributed by atoms with van der Waals surface area (Å²) in [6.07, 6.45) is 6.87. The molecule has 0 bridgehead atoms. The molecule has 0 aromatic heterocycles. The molecule has 1 saturated carbocycles. The van der Waals surface area contributed by atoms with Crippen LogP contribution in [-0.2, 0) is 22.6 Å². The Balaban J connectivity index is 2.05. The fourth-order valence-electron chi connectivity index (χ4n) is 3.20. The first kappa shape index (κ1) is 16.8. The number of carbonyl (C=O) groups is 1. The summed E-state index contributed by atoms with van der Waals surface area (Å²) in [5.74, 6) is 1.06. The third-order valence-electron chi connectivity index (χ3n) is 4.67. The standard InChI is InChI=1S/C19H26O3/c1-3-19(21)22-11-10-17-12-16(8-9-18(17)13-20)15-6-4-14(2)5-7-15/h3,8-9,12,14-15,20H,1,4-7,10-11,13H2,2H3. The quantitative estimate of drug-likeness (QED) is 0.643. The number of carbonyl (C=O) groups excluding carboxylic acids is 1. The number of aliphatic hydroxyl groups excluding tert-OH is 1. The normalized spacial score (nSPS) is 21.4. The summed E-state index contributed by atoms with van der Waals surface area (Å²) < 4.78 is 5.06. The number of esters is 1. The van der Waals surface area contributed by atoms with Crippen molar-refractivity contribution < 1.29 is 14.6 Å². The molecule has 2 rings (SSSR count).